The highest BCUT2D eigenvalue weighted by Gasteiger charge is 2.57. The summed E-state index contributed by atoms with van der Waals surface area (Å²) in [5.74, 6) is 1.76. The van der Waals surface area contributed by atoms with E-state index in [4.69, 9.17) is 4.74 Å². The number of aryl methyl sites for hydroxylation is 1. The molecule has 6 atom stereocenters. The first kappa shape index (κ1) is 16.1. The molecule has 0 saturated heterocycles. The summed E-state index contributed by atoms with van der Waals surface area (Å²) in [5, 5.41) is 20.7. The van der Waals surface area contributed by atoms with E-state index in [0.717, 1.165) is 32.1 Å². The summed E-state index contributed by atoms with van der Waals surface area (Å²) in [6, 6.07) is 6.03. The minimum atomic E-state index is -0.587. The van der Waals surface area contributed by atoms with Crippen LogP contribution in [-0.2, 0) is 11.2 Å². The third-order valence-corrected chi connectivity index (χ3v) is 6.93. The molecule has 3 aliphatic rings. The summed E-state index contributed by atoms with van der Waals surface area (Å²) in [7, 11) is 0. The van der Waals surface area contributed by atoms with Gasteiger partial charge in [-0.1, -0.05) is 13.0 Å². The number of benzene rings is 1. The molecule has 130 valence electrons. The van der Waals surface area contributed by atoms with Crippen molar-refractivity contribution in [3.63, 3.8) is 0 Å². The van der Waals surface area contributed by atoms with E-state index in [0.29, 0.717) is 23.5 Å². The van der Waals surface area contributed by atoms with Crippen LogP contribution < -0.4 is 4.74 Å². The fourth-order valence-corrected chi connectivity index (χ4v) is 5.78. The van der Waals surface area contributed by atoms with Crippen molar-refractivity contribution in [3.8, 4) is 5.75 Å². The molecule has 4 rings (SSSR count). The maximum absolute atomic E-state index is 11.2. The Labute approximate surface area is 142 Å². The second kappa shape index (κ2) is 5.57. The third-order valence-electron chi connectivity index (χ3n) is 6.93. The van der Waals surface area contributed by atoms with Crippen LogP contribution in [0.2, 0.25) is 0 Å². The average molecular weight is 330 g/mol. The van der Waals surface area contributed by atoms with E-state index >= 15 is 0 Å². The molecule has 3 aliphatic carbocycles. The molecule has 2 saturated carbocycles. The van der Waals surface area contributed by atoms with Crippen molar-refractivity contribution >= 4 is 5.97 Å². The molecule has 0 aliphatic heterocycles. The van der Waals surface area contributed by atoms with E-state index in [1.165, 1.54) is 18.1 Å². The van der Waals surface area contributed by atoms with Crippen molar-refractivity contribution in [2.24, 2.45) is 17.3 Å². The molecule has 4 nitrogen and oxygen atoms in total. The molecule has 2 fully saturated rings. The topological polar surface area (TPSA) is 66.8 Å². The molecular weight excluding hydrogens is 304 g/mol. The van der Waals surface area contributed by atoms with Crippen molar-refractivity contribution in [2.75, 3.05) is 0 Å². The summed E-state index contributed by atoms with van der Waals surface area (Å²) in [4.78, 5) is 11.2. The molecule has 1 aromatic rings. The van der Waals surface area contributed by atoms with Crippen molar-refractivity contribution in [1.82, 2.24) is 0 Å². The number of aliphatic hydroxyl groups excluding tert-OH is 2. The number of ether oxygens (including phenoxy) is 1. The van der Waals surface area contributed by atoms with E-state index in [1.807, 2.05) is 12.1 Å². The van der Waals surface area contributed by atoms with Gasteiger partial charge < -0.3 is 14.9 Å². The Hall–Kier alpha value is -1.39. The van der Waals surface area contributed by atoms with Crippen LogP contribution in [0.25, 0.3) is 0 Å². The van der Waals surface area contributed by atoms with Gasteiger partial charge >= 0.3 is 5.97 Å². The smallest absolute Gasteiger partial charge is 0.308 e. The predicted octanol–water partition coefficient (Wildman–Crippen LogP) is 2.80. The lowest BCUT2D eigenvalue weighted by Crippen LogP contribution is -2.44. The normalized spacial score (nSPS) is 40.4. The van der Waals surface area contributed by atoms with Crippen molar-refractivity contribution in [3.05, 3.63) is 29.3 Å². The standard InChI is InChI=1S/C20H26O4/c1-11(21)24-13-4-6-14-12(9-13)3-5-16-15(14)7-8-20(2)17(16)10-18(22)19(20)23/h4,6,9,15-19,22-23H,3,5,7-8,10H2,1-2H3/t15-,16-,17+,18?,19?,20+/m1/s1. The number of rotatable bonds is 1. The van der Waals surface area contributed by atoms with E-state index in [-0.39, 0.29) is 11.4 Å². The van der Waals surface area contributed by atoms with Crippen LogP contribution in [0.1, 0.15) is 56.6 Å². The third kappa shape index (κ3) is 2.31. The number of hydrogen-bond donors (Lipinski definition) is 2. The Balaban J connectivity index is 1.64. The Morgan fingerprint density at radius 1 is 1.29 bits per heavy atom. The zero-order valence-electron chi connectivity index (χ0n) is 14.4. The van der Waals surface area contributed by atoms with Crippen LogP contribution in [0.3, 0.4) is 0 Å². The highest BCUT2D eigenvalue weighted by molar-refractivity contribution is 5.69. The fourth-order valence-electron chi connectivity index (χ4n) is 5.78. The van der Waals surface area contributed by atoms with Gasteiger partial charge in [-0.25, -0.2) is 0 Å². The van der Waals surface area contributed by atoms with Crippen LogP contribution in [-0.4, -0.2) is 28.4 Å². The summed E-state index contributed by atoms with van der Waals surface area (Å²) in [6.07, 6.45) is 3.64. The van der Waals surface area contributed by atoms with Crippen molar-refractivity contribution < 1.29 is 19.7 Å². The molecule has 24 heavy (non-hydrogen) atoms. The molecule has 0 bridgehead atoms. The summed E-state index contributed by atoms with van der Waals surface area (Å²) in [5.41, 5.74) is 2.52. The van der Waals surface area contributed by atoms with Crippen LogP contribution in [0.5, 0.6) is 5.75 Å². The Bertz CT molecular complexity index is 670. The number of hydrogen-bond acceptors (Lipinski definition) is 4. The number of carbonyl (C=O) groups excluding carboxylic acids is 1. The van der Waals surface area contributed by atoms with Gasteiger partial charge in [0.05, 0.1) is 12.2 Å². The maximum Gasteiger partial charge on any atom is 0.308 e. The largest absolute Gasteiger partial charge is 0.427 e. The van der Waals surface area contributed by atoms with Gasteiger partial charge in [0.25, 0.3) is 0 Å². The fraction of sp³-hybridized carbons (Fsp3) is 0.650. The van der Waals surface area contributed by atoms with Gasteiger partial charge in [-0.05, 0) is 78.5 Å². The van der Waals surface area contributed by atoms with Gasteiger partial charge in [0.2, 0.25) is 0 Å². The SMILES string of the molecule is CC(=O)Oc1ccc2c(c1)CC[C@@H]1[C@@H]2CC[C@]2(C)C(O)C(O)C[C@@H]12. The number of fused-ring (bicyclic) bond motifs is 5. The van der Waals surface area contributed by atoms with E-state index in [1.54, 1.807) is 0 Å². The highest BCUT2D eigenvalue weighted by atomic mass is 16.5. The molecule has 2 N–H and O–H groups in total. The van der Waals surface area contributed by atoms with Gasteiger partial charge in [0, 0.05) is 6.92 Å². The van der Waals surface area contributed by atoms with Crippen LogP contribution in [0, 0.1) is 17.3 Å². The summed E-state index contributed by atoms with van der Waals surface area (Å²) < 4.78 is 5.22. The van der Waals surface area contributed by atoms with Gasteiger partial charge in [-0.2, -0.15) is 0 Å². The minimum Gasteiger partial charge on any atom is -0.427 e. The van der Waals surface area contributed by atoms with Crippen LogP contribution in [0.15, 0.2) is 18.2 Å². The van der Waals surface area contributed by atoms with E-state index in [9.17, 15) is 15.0 Å². The van der Waals surface area contributed by atoms with Gasteiger partial charge in [-0.3, -0.25) is 4.79 Å². The van der Waals surface area contributed by atoms with Gasteiger partial charge in [0.15, 0.2) is 0 Å². The molecule has 4 heteroatoms. The van der Waals surface area contributed by atoms with E-state index < -0.39 is 12.2 Å². The highest BCUT2D eigenvalue weighted by Crippen LogP contribution is 2.60. The molecule has 0 aromatic heterocycles. The molecule has 0 radical (unpaired) electrons. The zero-order chi connectivity index (χ0) is 17.1. The Kier molecular flexibility index (Phi) is 3.73. The lowest BCUT2D eigenvalue weighted by molar-refractivity contribution is -0.131. The quantitative estimate of drug-likeness (QED) is 0.614. The van der Waals surface area contributed by atoms with Gasteiger partial charge in [0.1, 0.15) is 5.75 Å². The first-order valence-corrected chi connectivity index (χ1v) is 9.07. The van der Waals surface area contributed by atoms with Crippen molar-refractivity contribution in [2.45, 2.75) is 64.1 Å². The predicted molar refractivity (Wildman–Crippen MR) is 89.8 cm³/mol. The maximum atomic E-state index is 11.2. The Morgan fingerprint density at radius 2 is 2.08 bits per heavy atom. The lowest BCUT2D eigenvalue weighted by Gasteiger charge is -2.49. The minimum absolute atomic E-state index is 0.143. The zero-order valence-corrected chi connectivity index (χ0v) is 14.4. The van der Waals surface area contributed by atoms with Crippen LogP contribution in [0.4, 0.5) is 0 Å². The first-order valence-electron chi connectivity index (χ1n) is 9.07. The number of aliphatic hydroxyl groups is 2. The van der Waals surface area contributed by atoms with E-state index in [2.05, 4.69) is 13.0 Å². The average Bonchev–Trinajstić information content (AvgIpc) is 2.77. The van der Waals surface area contributed by atoms with Crippen LogP contribution >= 0.6 is 0 Å². The number of esters is 1. The summed E-state index contributed by atoms with van der Waals surface area (Å²) >= 11 is 0. The van der Waals surface area contributed by atoms with Gasteiger partial charge in [-0.15, -0.1) is 0 Å². The molecule has 0 spiro atoms. The first-order chi connectivity index (χ1) is 11.4. The molecule has 2 unspecified atom stereocenters. The Morgan fingerprint density at radius 3 is 2.83 bits per heavy atom. The molecule has 1 aromatic carbocycles. The second-order valence-electron chi connectivity index (χ2n) is 8.16. The molecule has 0 amide bonds. The van der Waals surface area contributed by atoms with Crippen molar-refractivity contribution in [1.29, 1.82) is 0 Å². The number of carbonyl (C=O) groups is 1. The monoisotopic (exact) mass is 330 g/mol. The second-order valence-corrected chi connectivity index (χ2v) is 8.16. The summed E-state index contributed by atoms with van der Waals surface area (Å²) in [6.45, 7) is 3.59. The molecule has 0 heterocycles. The lowest BCUT2D eigenvalue weighted by atomic mass is 9.55. The molecular formula is C20H26O4.